The molecule has 0 bridgehead atoms. The zero-order valence-corrected chi connectivity index (χ0v) is 17.1. The lowest BCUT2D eigenvalue weighted by molar-refractivity contribution is -0.118. The highest BCUT2D eigenvalue weighted by Crippen LogP contribution is 2.27. The summed E-state index contributed by atoms with van der Waals surface area (Å²) in [5.41, 5.74) is 2.60. The smallest absolute Gasteiger partial charge is 0.262 e. The third-order valence-corrected chi connectivity index (χ3v) is 6.82. The van der Waals surface area contributed by atoms with E-state index in [9.17, 15) is 13.2 Å². The average molecular weight is 423 g/mol. The van der Waals surface area contributed by atoms with Crippen molar-refractivity contribution in [3.8, 4) is 5.75 Å². The predicted octanol–water partition coefficient (Wildman–Crippen LogP) is 3.45. The molecular weight excluding hydrogens is 400 g/mol. The molecule has 1 N–H and O–H groups in total. The fraction of sp³-hybridized carbons (Fsp3) is 0.174. The molecule has 0 atom stereocenters. The first kappa shape index (κ1) is 20.1. The highest BCUT2D eigenvalue weighted by molar-refractivity contribution is 7.89. The van der Waals surface area contributed by atoms with E-state index >= 15 is 0 Å². The number of nitrogens with zero attached hydrogens (tertiary/aromatic N) is 1. The molecule has 154 valence electrons. The van der Waals surface area contributed by atoms with E-state index < -0.39 is 10.0 Å². The Morgan fingerprint density at radius 1 is 0.933 bits per heavy atom. The first-order valence-corrected chi connectivity index (χ1v) is 11.1. The van der Waals surface area contributed by atoms with E-state index in [2.05, 4.69) is 5.32 Å². The Hall–Kier alpha value is -3.16. The van der Waals surface area contributed by atoms with Gasteiger partial charge >= 0.3 is 0 Å². The first-order chi connectivity index (χ1) is 14.5. The summed E-state index contributed by atoms with van der Waals surface area (Å²) in [5.74, 6) is 0.350. The molecule has 3 aromatic carbocycles. The van der Waals surface area contributed by atoms with Crippen LogP contribution in [0.3, 0.4) is 0 Å². The van der Waals surface area contributed by atoms with Crippen molar-refractivity contribution in [2.24, 2.45) is 0 Å². The van der Waals surface area contributed by atoms with Crippen LogP contribution in [0.1, 0.15) is 11.1 Å². The number of hydrogen-bond donors (Lipinski definition) is 1. The highest BCUT2D eigenvalue weighted by Gasteiger charge is 2.28. The van der Waals surface area contributed by atoms with Crippen LogP contribution < -0.4 is 10.1 Å². The van der Waals surface area contributed by atoms with Gasteiger partial charge in [0.15, 0.2) is 6.61 Å². The van der Waals surface area contributed by atoms with Crippen LogP contribution >= 0.6 is 0 Å². The maximum atomic E-state index is 12.9. The monoisotopic (exact) mass is 422 g/mol. The largest absolute Gasteiger partial charge is 0.484 e. The van der Waals surface area contributed by atoms with Crippen molar-refractivity contribution < 1.29 is 17.9 Å². The molecule has 0 radical (unpaired) electrons. The van der Waals surface area contributed by atoms with Gasteiger partial charge in [-0.25, -0.2) is 8.42 Å². The van der Waals surface area contributed by atoms with Gasteiger partial charge in [0, 0.05) is 18.8 Å². The molecule has 0 aliphatic carbocycles. The van der Waals surface area contributed by atoms with Gasteiger partial charge in [-0.05, 0) is 53.9 Å². The normalized spacial score (nSPS) is 14.0. The van der Waals surface area contributed by atoms with Crippen molar-refractivity contribution >= 4 is 21.6 Å². The summed E-state index contributed by atoms with van der Waals surface area (Å²) in [5, 5.41) is 2.82. The second-order valence-corrected chi connectivity index (χ2v) is 8.97. The summed E-state index contributed by atoms with van der Waals surface area (Å²) in [7, 11) is -3.55. The topological polar surface area (TPSA) is 75.7 Å². The molecule has 0 fully saturated rings. The third kappa shape index (κ3) is 4.53. The Balaban J connectivity index is 1.43. The van der Waals surface area contributed by atoms with E-state index in [1.54, 1.807) is 42.5 Å². The van der Waals surface area contributed by atoms with E-state index in [0.717, 1.165) is 11.1 Å². The number of carbonyl (C=O) groups excluding carboxylic acids is 1. The summed E-state index contributed by atoms with van der Waals surface area (Å²) in [4.78, 5) is 12.5. The number of amides is 1. The second-order valence-electron chi connectivity index (χ2n) is 7.04. The minimum absolute atomic E-state index is 0.102. The van der Waals surface area contributed by atoms with Crippen molar-refractivity contribution in [2.75, 3.05) is 18.5 Å². The third-order valence-electron chi connectivity index (χ3n) is 4.96. The molecule has 30 heavy (non-hydrogen) atoms. The summed E-state index contributed by atoms with van der Waals surface area (Å²) in [6, 6.07) is 23.2. The van der Waals surface area contributed by atoms with Gasteiger partial charge in [-0.3, -0.25) is 4.79 Å². The molecule has 6 nitrogen and oxygen atoms in total. The van der Waals surface area contributed by atoms with Gasteiger partial charge in [0.2, 0.25) is 10.0 Å². The maximum Gasteiger partial charge on any atom is 0.262 e. The summed E-state index contributed by atoms with van der Waals surface area (Å²) in [6.45, 7) is 0.604. The van der Waals surface area contributed by atoms with Crippen LogP contribution in [0.25, 0.3) is 0 Å². The van der Waals surface area contributed by atoms with E-state index in [0.29, 0.717) is 24.4 Å². The molecular formula is C23H22N2O4S. The van der Waals surface area contributed by atoms with E-state index in [4.69, 9.17) is 4.74 Å². The van der Waals surface area contributed by atoms with Gasteiger partial charge in [-0.2, -0.15) is 4.31 Å². The quantitative estimate of drug-likeness (QED) is 0.660. The Kier molecular flexibility index (Phi) is 5.83. The van der Waals surface area contributed by atoms with Gasteiger partial charge in [0.25, 0.3) is 5.91 Å². The van der Waals surface area contributed by atoms with Gasteiger partial charge in [-0.1, -0.05) is 42.5 Å². The van der Waals surface area contributed by atoms with Crippen LogP contribution in [0.4, 0.5) is 5.69 Å². The molecule has 3 aromatic rings. The first-order valence-electron chi connectivity index (χ1n) is 9.67. The van der Waals surface area contributed by atoms with Crippen LogP contribution in [0.5, 0.6) is 5.75 Å². The molecule has 0 saturated heterocycles. The van der Waals surface area contributed by atoms with Crippen molar-refractivity contribution in [1.29, 1.82) is 0 Å². The number of anilines is 1. The lowest BCUT2D eigenvalue weighted by Gasteiger charge is -2.28. The van der Waals surface area contributed by atoms with Crippen molar-refractivity contribution in [3.63, 3.8) is 0 Å². The highest BCUT2D eigenvalue weighted by atomic mass is 32.2. The molecule has 0 unspecified atom stereocenters. The standard InChI is InChI=1S/C23H22N2O4S/c26-23(17-29-21-7-3-1-4-8-21)24-20-12-11-18-13-14-25(16-19(18)15-20)30(27,28)22-9-5-2-6-10-22/h1-12,15H,13-14,16-17H2,(H,24,26). The van der Waals surface area contributed by atoms with E-state index in [1.165, 1.54) is 4.31 Å². The number of nitrogens with one attached hydrogen (secondary N) is 1. The van der Waals surface area contributed by atoms with Crippen LogP contribution in [0.15, 0.2) is 83.8 Å². The molecule has 7 heteroatoms. The van der Waals surface area contributed by atoms with Crippen molar-refractivity contribution in [3.05, 3.63) is 90.0 Å². The number of para-hydroxylation sites is 1. The van der Waals surface area contributed by atoms with Crippen LogP contribution in [-0.2, 0) is 27.8 Å². The molecule has 0 spiro atoms. The molecule has 1 aliphatic rings. The zero-order valence-electron chi connectivity index (χ0n) is 16.3. The molecule has 1 heterocycles. The Bertz CT molecular complexity index is 1130. The Morgan fingerprint density at radius 3 is 2.37 bits per heavy atom. The molecule has 0 aromatic heterocycles. The SMILES string of the molecule is O=C(COc1ccccc1)Nc1ccc2c(c1)CN(S(=O)(=O)c1ccccc1)CC2. The number of rotatable bonds is 6. The van der Waals surface area contributed by atoms with Crippen LogP contribution in [0.2, 0.25) is 0 Å². The lowest BCUT2D eigenvalue weighted by Crippen LogP contribution is -2.36. The number of benzene rings is 3. The fourth-order valence-corrected chi connectivity index (χ4v) is 4.86. The van der Waals surface area contributed by atoms with Crippen molar-refractivity contribution in [1.82, 2.24) is 4.31 Å². The minimum atomic E-state index is -3.55. The molecule has 0 saturated carbocycles. The summed E-state index contributed by atoms with van der Waals surface area (Å²) < 4.78 is 32.8. The number of sulfonamides is 1. The molecule has 1 amide bonds. The Morgan fingerprint density at radius 2 is 1.63 bits per heavy atom. The van der Waals surface area contributed by atoms with Gasteiger partial charge in [-0.15, -0.1) is 0 Å². The van der Waals surface area contributed by atoms with Gasteiger partial charge < -0.3 is 10.1 Å². The molecule has 4 rings (SSSR count). The minimum Gasteiger partial charge on any atom is -0.484 e. The fourth-order valence-electron chi connectivity index (χ4n) is 3.42. The molecule has 1 aliphatic heterocycles. The number of ether oxygens (including phenoxy) is 1. The van der Waals surface area contributed by atoms with Gasteiger partial charge in [0.05, 0.1) is 4.90 Å². The summed E-state index contributed by atoms with van der Waals surface area (Å²) in [6.07, 6.45) is 0.632. The number of fused-ring (bicyclic) bond motifs is 1. The van der Waals surface area contributed by atoms with E-state index in [1.807, 2.05) is 36.4 Å². The van der Waals surface area contributed by atoms with Crippen molar-refractivity contribution in [2.45, 2.75) is 17.9 Å². The lowest BCUT2D eigenvalue weighted by atomic mass is 10.0. The second kappa shape index (κ2) is 8.69. The van der Waals surface area contributed by atoms with Crippen LogP contribution in [0, 0.1) is 0 Å². The van der Waals surface area contributed by atoms with E-state index in [-0.39, 0.29) is 24.0 Å². The maximum absolute atomic E-state index is 12.9. The van der Waals surface area contributed by atoms with Gasteiger partial charge in [0.1, 0.15) is 5.75 Å². The number of carbonyl (C=O) groups is 1. The number of hydrogen-bond acceptors (Lipinski definition) is 4. The zero-order chi connectivity index (χ0) is 21.0. The average Bonchev–Trinajstić information content (AvgIpc) is 2.78. The predicted molar refractivity (Wildman–Crippen MR) is 115 cm³/mol. The summed E-state index contributed by atoms with van der Waals surface area (Å²) >= 11 is 0. The Labute approximate surface area is 176 Å². The van der Waals surface area contributed by atoms with Crippen LogP contribution in [-0.4, -0.2) is 31.8 Å².